The Hall–Kier alpha value is -0.780. The fourth-order valence-corrected chi connectivity index (χ4v) is 2.36. The average molecular weight is 241 g/mol. The first kappa shape index (κ1) is 14.3. The number of aldehydes is 1. The van der Waals surface area contributed by atoms with E-state index in [1.165, 1.54) is 0 Å². The highest BCUT2D eigenvalue weighted by Gasteiger charge is 2.32. The van der Waals surface area contributed by atoms with E-state index in [-0.39, 0.29) is 24.0 Å². The van der Waals surface area contributed by atoms with Crippen LogP contribution >= 0.6 is 0 Å². The van der Waals surface area contributed by atoms with Crippen molar-refractivity contribution in [2.24, 2.45) is 0 Å². The molecule has 1 saturated heterocycles. The molecule has 0 aromatic carbocycles. The van der Waals surface area contributed by atoms with Crippen LogP contribution in [0.15, 0.2) is 0 Å². The van der Waals surface area contributed by atoms with Crippen LogP contribution in [0, 0.1) is 0 Å². The maximum Gasteiger partial charge on any atom is 0.146 e. The molecule has 0 aromatic heterocycles. The van der Waals surface area contributed by atoms with Crippen LogP contribution in [0.5, 0.6) is 0 Å². The maximum absolute atomic E-state index is 11.4. The fourth-order valence-electron chi connectivity index (χ4n) is 2.36. The van der Waals surface area contributed by atoms with Gasteiger partial charge in [0.15, 0.2) is 0 Å². The van der Waals surface area contributed by atoms with Crippen molar-refractivity contribution in [2.45, 2.75) is 44.4 Å². The number of carbonyl (C=O) groups excluding carboxylic acids is 2. The molecule has 1 fully saturated rings. The number of Topliss-reactive ketones (excluding diaryl/α,β-unsaturated/α-hetero) is 1. The lowest BCUT2D eigenvalue weighted by atomic mass is 10.1. The molecule has 0 aromatic rings. The number of nitrogens with zero attached hydrogens (tertiary/aromatic N) is 1. The Balaban J connectivity index is 2.29. The molecule has 1 aliphatic heterocycles. The van der Waals surface area contributed by atoms with Gasteiger partial charge < -0.3 is 15.4 Å². The Morgan fingerprint density at radius 2 is 2.24 bits per heavy atom. The molecule has 1 rings (SSSR count). The van der Waals surface area contributed by atoms with Crippen LogP contribution in [0.25, 0.3) is 0 Å². The highest BCUT2D eigenvalue weighted by Crippen LogP contribution is 2.20. The van der Waals surface area contributed by atoms with E-state index in [0.29, 0.717) is 0 Å². The second-order valence-electron chi connectivity index (χ2n) is 4.66. The molecule has 2 N–H and O–H groups in total. The molecule has 1 aliphatic rings. The second kappa shape index (κ2) is 6.83. The average Bonchev–Trinajstić information content (AvgIpc) is 2.66. The number of nitrogens with one attached hydrogen (secondary N) is 2. The van der Waals surface area contributed by atoms with Crippen molar-refractivity contribution in [2.75, 3.05) is 20.6 Å². The van der Waals surface area contributed by atoms with E-state index in [1.54, 1.807) is 14.0 Å². The predicted octanol–water partition coefficient (Wildman–Crippen LogP) is -0.238. The molecule has 3 atom stereocenters. The summed E-state index contributed by atoms with van der Waals surface area (Å²) in [5.74, 6) is 0.234. The van der Waals surface area contributed by atoms with E-state index >= 15 is 0 Å². The van der Waals surface area contributed by atoms with Gasteiger partial charge in [-0.05, 0) is 46.8 Å². The molecule has 0 bridgehead atoms. The highest BCUT2D eigenvalue weighted by atomic mass is 16.1. The van der Waals surface area contributed by atoms with Crippen LogP contribution in [-0.4, -0.2) is 55.9 Å². The Bertz CT molecular complexity index is 270. The lowest BCUT2D eigenvalue weighted by molar-refractivity contribution is -0.121. The van der Waals surface area contributed by atoms with Crippen LogP contribution in [0.3, 0.4) is 0 Å². The van der Waals surface area contributed by atoms with Crippen LogP contribution < -0.4 is 10.6 Å². The number of ketones is 1. The van der Waals surface area contributed by atoms with Gasteiger partial charge in [-0.2, -0.15) is 0 Å². The molecule has 0 saturated carbocycles. The van der Waals surface area contributed by atoms with E-state index < -0.39 is 0 Å². The predicted molar refractivity (Wildman–Crippen MR) is 66.8 cm³/mol. The number of hydrogen-bond donors (Lipinski definition) is 2. The summed E-state index contributed by atoms with van der Waals surface area (Å²) >= 11 is 0. The molecule has 1 heterocycles. The fraction of sp³-hybridized carbons (Fsp3) is 0.833. The SMILES string of the molecule is CNC(C=O)CCNC1CCC(C(C)=O)N1C. The number of likely N-dealkylation sites (N-methyl/N-ethyl adjacent to an activating group) is 2. The molecule has 0 spiro atoms. The van der Waals surface area contributed by atoms with Crippen LogP contribution in [-0.2, 0) is 9.59 Å². The molecule has 17 heavy (non-hydrogen) atoms. The monoisotopic (exact) mass is 241 g/mol. The molecular formula is C12H23N3O2. The standard InChI is InChI=1S/C12H23N3O2/c1-9(17)11-4-5-12(15(11)3)14-7-6-10(8-16)13-2/h8,10-14H,4-7H2,1-3H3. The zero-order chi connectivity index (χ0) is 12.8. The summed E-state index contributed by atoms with van der Waals surface area (Å²) < 4.78 is 0. The third kappa shape index (κ3) is 3.87. The maximum atomic E-state index is 11.4. The molecule has 0 radical (unpaired) electrons. The minimum Gasteiger partial charge on any atom is -0.311 e. The molecule has 5 heteroatoms. The zero-order valence-electron chi connectivity index (χ0n) is 10.9. The lowest BCUT2D eigenvalue weighted by Crippen LogP contribution is -2.45. The van der Waals surface area contributed by atoms with E-state index in [0.717, 1.165) is 32.1 Å². The van der Waals surface area contributed by atoms with E-state index in [9.17, 15) is 9.59 Å². The summed E-state index contributed by atoms with van der Waals surface area (Å²) in [5, 5.41) is 6.33. The Kier molecular flexibility index (Phi) is 5.74. The summed E-state index contributed by atoms with van der Waals surface area (Å²) in [6.07, 6.45) is 3.87. The van der Waals surface area contributed by atoms with Crippen LogP contribution in [0.2, 0.25) is 0 Å². The zero-order valence-corrected chi connectivity index (χ0v) is 10.9. The summed E-state index contributed by atoms with van der Waals surface area (Å²) in [6, 6.07) is -0.0310. The molecule has 5 nitrogen and oxygen atoms in total. The first-order valence-electron chi connectivity index (χ1n) is 6.18. The molecular weight excluding hydrogens is 218 g/mol. The van der Waals surface area contributed by atoms with E-state index in [2.05, 4.69) is 15.5 Å². The second-order valence-corrected chi connectivity index (χ2v) is 4.66. The number of likely N-dealkylation sites (tertiary alicyclic amines) is 1. The molecule has 98 valence electrons. The van der Waals surface area contributed by atoms with Crippen molar-refractivity contribution in [3.63, 3.8) is 0 Å². The van der Waals surface area contributed by atoms with E-state index in [1.807, 2.05) is 7.05 Å². The third-order valence-corrected chi connectivity index (χ3v) is 3.54. The summed E-state index contributed by atoms with van der Waals surface area (Å²) in [6.45, 7) is 2.43. The summed E-state index contributed by atoms with van der Waals surface area (Å²) in [5.41, 5.74) is 0. The van der Waals surface area contributed by atoms with Crippen molar-refractivity contribution in [1.29, 1.82) is 0 Å². The van der Waals surface area contributed by atoms with Gasteiger partial charge >= 0.3 is 0 Å². The summed E-state index contributed by atoms with van der Waals surface area (Å²) in [4.78, 5) is 24.1. The molecule has 3 unspecified atom stereocenters. The van der Waals surface area contributed by atoms with Crippen molar-refractivity contribution >= 4 is 12.1 Å². The third-order valence-electron chi connectivity index (χ3n) is 3.54. The normalized spacial score (nSPS) is 27.0. The number of carbonyl (C=O) groups is 2. The van der Waals surface area contributed by atoms with Gasteiger partial charge in [-0.3, -0.25) is 9.69 Å². The van der Waals surface area contributed by atoms with Gasteiger partial charge in [0.05, 0.1) is 18.2 Å². The van der Waals surface area contributed by atoms with Crippen molar-refractivity contribution in [3.05, 3.63) is 0 Å². The van der Waals surface area contributed by atoms with Gasteiger partial charge in [-0.25, -0.2) is 0 Å². The minimum absolute atomic E-state index is 0.0543. The Morgan fingerprint density at radius 1 is 1.53 bits per heavy atom. The Labute approximate surface area is 103 Å². The summed E-state index contributed by atoms with van der Waals surface area (Å²) in [7, 11) is 3.76. The molecule has 0 aliphatic carbocycles. The van der Waals surface area contributed by atoms with Gasteiger partial charge in [0.2, 0.25) is 0 Å². The van der Waals surface area contributed by atoms with Crippen molar-refractivity contribution < 1.29 is 9.59 Å². The lowest BCUT2D eigenvalue weighted by Gasteiger charge is -2.25. The number of hydrogen-bond acceptors (Lipinski definition) is 5. The van der Waals surface area contributed by atoms with Gasteiger partial charge in [-0.1, -0.05) is 0 Å². The van der Waals surface area contributed by atoms with Gasteiger partial charge in [-0.15, -0.1) is 0 Å². The van der Waals surface area contributed by atoms with Gasteiger partial charge in [0.1, 0.15) is 12.1 Å². The Morgan fingerprint density at radius 3 is 2.71 bits per heavy atom. The largest absolute Gasteiger partial charge is 0.311 e. The quantitative estimate of drug-likeness (QED) is 0.603. The van der Waals surface area contributed by atoms with Gasteiger partial charge in [0.25, 0.3) is 0 Å². The minimum atomic E-state index is -0.0854. The van der Waals surface area contributed by atoms with Crippen LogP contribution in [0.4, 0.5) is 0 Å². The topological polar surface area (TPSA) is 61.4 Å². The van der Waals surface area contributed by atoms with Crippen molar-refractivity contribution in [1.82, 2.24) is 15.5 Å². The molecule has 0 amide bonds. The van der Waals surface area contributed by atoms with Crippen LogP contribution in [0.1, 0.15) is 26.2 Å². The highest BCUT2D eigenvalue weighted by molar-refractivity contribution is 5.81. The van der Waals surface area contributed by atoms with Gasteiger partial charge in [0, 0.05) is 0 Å². The smallest absolute Gasteiger partial charge is 0.146 e. The first-order valence-corrected chi connectivity index (χ1v) is 6.18. The van der Waals surface area contributed by atoms with E-state index in [4.69, 9.17) is 0 Å². The first-order chi connectivity index (χ1) is 8.10. The van der Waals surface area contributed by atoms with Crippen molar-refractivity contribution in [3.8, 4) is 0 Å². The number of rotatable bonds is 7.